The molecule has 4 rings (SSSR count). The molecule has 0 bridgehead atoms. The maximum absolute atomic E-state index is 12.2. The van der Waals surface area contributed by atoms with Gasteiger partial charge in [-0.2, -0.15) is 0 Å². The van der Waals surface area contributed by atoms with E-state index in [9.17, 15) is 9.59 Å². The van der Waals surface area contributed by atoms with Gasteiger partial charge in [0.05, 0.1) is 0 Å². The normalized spacial score (nSPS) is 37.6. The molecule has 0 aromatic heterocycles. The Bertz CT molecular complexity index is 730. The third-order valence-corrected chi connectivity index (χ3v) is 10.1. The van der Waals surface area contributed by atoms with Crippen molar-refractivity contribution in [2.45, 2.75) is 123 Å². The zero-order valence-electron chi connectivity index (χ0n) is 21.6. The van der Waals surface area contributed by atoms with Crippen LogP contribution in [0.5, 0.6) is 0 Å². The lowest BCUT2D eigenvalue weighted by Gasteiger charge is -2.56. The molecule has 0 amide bonds. The monoisotopic (exact) mass is 454 g/mol. The molecule has 0 aromatic carbocycles. The van der Waals surface area contributed by atoms with Crippen molar-refractivity contribution < 1.29 is 14.3 Å². The summed E-state index contributed by atoms with van der Waals surface area (Å²) in [5, 5.41) is 0. The molecular weight excluding hydrogens is 407 g/mol. The first kappa shape index (κ1) is 25.1. The van der Waals surface area contributed by atoms with Gasteiger partial charge in [0, 0.05) is 18.8 Å². The van der Waals surface area contributed by atoms with Crippen LogP contribution in [-0.2, 0) is 14.3 Å². The van der Waals surface area contributed by atoms with E-state index in [1.807, 2.05) is 0 Å². The smallest absolute Gasteiger partial charge is 0.302 e. The summed E-state index contributed by atoms with van der Waals surface area (Å²) >= 11 is 0. The SMILES string of the molecule is BCCCCCCCCC[C@@H]1CC2=CC(=O)CC[C@@H]2C2CC[C@@]3(C)C(CC[C@@H]3OC(C)=O)C21. The number of fused-ring (bicyclic) bond motifs is 5. The number of ketones is 1. The third kappa shape index (κ3) is 5.45. The van der Waals surface area contributed by atoms with Crippen LogP contribution in [0.15, 0.2) is 11.6 Å². The molecule has 0 saturated heterocycles. The van der Waals surface area contributed by atoms with E-state index in [0.717, 1.165) is 37.5 Å². The molecule has 0 aromatic rings. The number of unbranched alkanes of at least 4 members (excludes halogenated alkanes) is 6. The number of carbonyl (C=O) groups is 2. The first-order valence-corrected chi connectivity index (χ1v) is 14.3. The molecule has 0 radical (unpaired) electrons. The highest BCUT2D eigenvalue weighted by atomic mass is 16.5. The summed E-state index contributed by atoms with van der Waals surface area (Å²) < 4.78 is 5.88. The van der Waals surface area contributed by atoms with E-state index in [2.05, 4.69) is 20.8 Å². The van der Waals surface area contributed by atoms with Crippen molar-refractivity contribution in [3.05, 3.63) is 11.6 Å². The van der Waals surface area contributed by atoms with Gasteiger partial charge < -0.3 is 4.74 Å². The van der Waals surface area contributed by atoms with Crippen molar-refractivity contribution in [3.8, 4) is 0 Å². The molecule has 4 heteroatoms. The Labute approximate surface area is 203 Å². The van der Waals surface area contributed by atoms with Gasteiger partial charge in [0.1, 0.15) is 14.0 Å². The topological polar surface area (TPSA) is 43.4 Å². The molecule has 3 nitrogen and oxygen atoms in total. The van der Waals surface area contributed by atoms with Crippen LogP contribution in [0.3, 0.4) is 0 Å². The number of hydrogen-bond donors (Lipinski definition) is 0. The molecule has 4 aliphatic rings. The number of hydrogen-bond acceptors (Lipinski definition) is 3. The average molecular weight is 455 g/mol. The molecular formula is C29H47BO3. The molecule has 0 heterocycles. The molecule has 3 saturated carbocycles. The fourth-order valence-electron chi connectivity index (χ4n) is 8.56. The summed E-state index contributed by atoms with van der Waals surface area (Å²) in [5.74, 6) is 3.78. The Morgan fingerprint density at radius 1 is 1.06 bits per heavy atom. The van der Waals surface area contributed by atoms with E-state index < -0.39 is 0 Å². The molecule has 4 aliphatic carbocycles. The van der Waals surface area contributed by atoms with Crippen LogP contribution in [0, 0.1) is 35.0 Å². The highest BCUT2D eigenvalue weighted by molar-refractivity contribution is 6.08. The highest BCUT2D eigenvalue weighted by Gasteiger charge is 2.59. The van der Waals surface area contributed by atoms with E-state index in [1.165, 1.54) is 82.5 Å². The maximum atomic E-state index is 12.2. The summed E-state index contributed by atoms with van der Waals surface area (Å²) in [5.41, 5.74) is 1.64. The molecule has 33 heavy (non-hydrogen) atoms. The van der Waals surface area contributed by atoms with Gasteiger partial charge in [-0.1, -0.05) is 63.8 Å². The number of allylic oxidation sites excluding steroid dienone is 1. The number of carbonyl (C=O) groups excluding carboxylic acids is 2. The Balaban J connectivity index is 1.44. The largest absolute Gasteiger partial charge is 0.462 e. The van der Waals surface area contributed by atoms with Crippen molar-refractivity contribution in [1.82, 2.24) is 0 Å². The average Bonchev–Trinajstić information content (AvgIpc) is 3.10. The van der Waals surface area contributed by atoms with Crippen molar-refractivity contribution in [2.24, 2.45) is 35.0 Å². The number of esters is 1. The minimum Gasteiger partial charge on any atom is -0.462 e. The zero-order chi connectivity index (χ0) is 23.4. The van der Waals surface area contributed by atoms with Gasteiger partial charge in [0.2, 0.25) is 0 Å². The van der Waals surface area contributed by atoms with Crippen molar-refractivity contribution in [3.63, 3.8) is 0 Å². The van der Waals surface area contributed by atoms with Crippen LogP contribution in [0.4, 0.5) is 0 Å². The minimum absolute atomic E-state index is 0.106. The molecule has 3 unspecified atom stereocenters. The molecule has 0 aliphatic heterocycles. The van der Waals surface area contributed by atoms with Crippen LogP contribution in [-0.4, -0.2) is 25.7 Å². The molecule has 7 atom stereocenters. The van der Waals surface area contributed by atoms with E-state index in [-0.39, 0.29) is 17.5 Å². The summed E-state index contributed by atoms with van der Waals surface area (Å²) in [6, 6.07) is 0. The van der Waals surface area contributed by atoms with Crippen LogP contribution in [0.2, 0.25) is 6.32 Å². The van der Waals surface area contributed by atoms with Crippen LogP contribution in [0.1, 0.15) is 110 Å². The van der Waals surface area contributed by atoms with E-state index >= 15 is 0 Å². The van der Waals surface area contributed by atoms with Gasteiger partial charge in [0.15, 0.2) is 5.78 Å². The van der Waals surface area contributed by atoms with Gasteiger partial charge in [0.25, 0.3) is 0 Å². The number of rotatable bonds is 10. The second-order valence-corrected chi connectivity index (χ2v) is 12.1. The van der Waals surface area contributed by atoms with Crippen molar-refractivity contribution >= 4 is 19.6 Å². The Morgan fingerprint density at radius 2 is 1.79 bits per heavy atom. The van der Waals surface area contributed by atoms with Crippen LogP contribution >= 0.6 is 0 Å². The molecule has 184 valence electrons. The Kier molecular flexibility index (Phi) is 8.44. The first-order chi connectivity index (χ1) is 15.9. The fraction of sp³-hybridized carbons (Fsp3) is 0.862. The summed E-state index contributed by atoms with van der Waals surface area (Å²) in [6.45, 7) is 4.00. The van der Waals surface area contributed by atoms with Gasteiger partial charge in [-0.15, -0.1) is 0 Å². The first-order valence-electron chi connectivity index (χ1n) is 14.3. The predicted octanol–water partition coefficient (Wildman–Crippen LogP) is 6.46. The lowest BCUT2D eigenvalue weighted by molar-refractivity contribution is -0.157. The van der Waals surface area contributed by atoms with E-state index in [4.69, 9.17) is 4.74 Å². The zero-order valence-corrected chi connectivity index (χ0v) is 21.6. The van der Waals surface area contributed by atoms with Crippen LogP contribution in [0.25, 0.3) is 0 Å². The van der Waals surface area contributed by atoms with Gasteiger partial charge in [-0.3, -0.25) is 9.59 Å². The van der Waals surface area contributed by atoms with E-state index in [1.54, 1.807) is 6.92 Å². The fourth-order valence-corrected chi connectivity index (χ4v) is 8.56. The lowest BCUT2D eigenvalue weighted by atomic mass is 9.49. The molecule has 3 fully saturated rings. The van der Waals surface area contributed by atoms with Gasteiger partial charge in [-0.05, 0) is 80.6 Å². The summed E-state index contributed by atoms with van der Waals surface area (Å²) in [6.07, 6.45) is 22.1. The standard InChI is InChI=1S/C29H47BO3/c1-20(31)33-27-14-13-26-28-21(10-8-6-4-3-5-7-9-17-30)18-22-19-23(32)11-12-24(22)25(28)15-16-29(26,27)2/h19,21,24-28H,3-18,30H2,1-2H3/t21-,24+,25?,26?,27+,28?,29+/m1/s1. The second kappa shape index (κ2) is 11.1. The van der Waals surface area contributed by atoms with E-state index in [0.29, 0.717) is 23.5 Å². The summed E-state index contributed by atoms with van der Waals surface area (Å²) in [4.78, 5) is 24.1. The maximum Gasteiger partial charge on any atom is 0.302 e. The minimum atomic E-state index is -0.112. The Hall–Kier alpha value is -1.06. The highest BCUT2D eigenvalue weighted by Crippen LogP contribution is 2.64. The molecule has 0 spiro atoms. The van der Waals surface area contributed by atoms with Crippen molar-refractivity contribution in [2.75, 3.05) is 0 Å². The van der Waals surface area contributed by atoms with Crippen molar-refractivity contribution in [1.29, 1.82) is 0 Å². The van der Waals surface area contributed by atoms with Gasteiger partial charge >= 0.3 is 5.97 Å². The third-order valence-electron chi connectivity index (χ3n) is 10.1. The van der Waals surface area contributed by atoms with Gasteiger partial charge in [-0.25, -0.2) is 0 Å². The molecule has 0 N–H and O–H groups in total. The lowest BCUT2D eigenvalue weighted by Crippen LogP contribution is -2.51. The Morgan fingerprint density at radius 3 is 2.52 bits per heavy atom. The summed E-state index contributed by atoms with van der Waals surface area (Å²) in [7, 11) is 2.28. The predicted molar refractivity (Wildman–Crippen MR) is 137 cm³/mol. The second-order valence-electron chi connectivity index (χ2n) is 12.1. The quantitative estimate of drug-likeness (QED) is 0.216. The van der Waals surface area contributed by atoms with Crippen LogP contribution < -0.4 is 0 Å². The number of ether oxygens (including phenoxy) is 1.